The summed E-state index contributed by atoms with van der Waals surface area (Å²) >= 11 is 5.99. The molecule has 20 heavy (non-hydrogen) atoms. The van der Waals surface area contributed by atoms with E-state index in [0.717, 1.165) is 5.56 Å². The van der Waals surface area contributed by atoms with E-state index in [-0.39, 0.29) is 12.5 Å². The normalized spacial score (nSPS) is 11.3. The summed E-state index contributed by atoms with van der Waals surface area (Å²) in [5.41, 5.74) is 1.34. The Morgan fingerprint density at radius 1 is 1.50 bits per heavy atom. The first kappa shape index (κ1) is 16.0. The van der Waals surface area contributed by atoms with E-state index >= 15 is 0 Å². The second-order valence-electron chi connectivity index (χ2n) is 4.56. The maximum absolute atomic E-state index is 11.9. The number of hydrogen-bond acceptors (Lipinski definition) is 3. The molecule has 1 rings (SSSR count). The van der Waals surface area contributed by atoms with Gasteiger partial charge in [-0.25, -0.2) is 0 Å². The fraction of sp³-hybridized carbons (Fsp3) is 0.357. The Labute approximate surface area is 123 Å². The zero-order chi connectivity index (χ0) is 15.3. The van der Waals surface area contributed by atoms with Crippen LogP contribution in [0.1, 0.15) is 18.9 Å². The van der Waals surface area contributed by atoms with Gasteiger partial charge in [0.05, 0.1) is 23.2 Å². The minimum Gasteiger partial charge on any atom is -0.334 e. The first-order chi connectivity index (χ1) is 9.36. The van der Waals surface area contributed by atoms with E-state index in [2.05, 4.69) is 5.32 Å². The Hall–Kier alpha value is -2.06. The number of carbonyl (C=O) groups excluding carboxylic acids is 2. The molecule has 0 bridgehead atoms. The van der Waals surface area contributed by atoms with E-state index in [4.69, 9.17) is 16.9 Å². The molecule has 1 aromatic rings. The Balaban J connectivity index is 2.76. The molecule has 0 aromatic heterocycles. The number of hydrogen-bond donors (Lipinski definition) is 1. The van der Waals surface area contributed by atoms with Gasteiger partial charge in [-0.2, -0.15) is 5.26 Å². The van der Waals surface area contributed by atoms with Crippen molar-refractivity contribution in [1.29, 1.82) is 5.26 Å². The van der Waals surface area contributed by atoms with Crippen LogP contribution in [0.4, 0.5) is 5.69 Å². The van der Waals surface area contributed by atoms with Crippen molar-refractivity contribution in [2.24, 2.45) is 0 Å². The number of aryl methyl sites for hydroxylation is 1. The van der Waals surface area contributed by atoms with Crippen LogP contribution in [0.15, 0.2) is 18.2 Å². The standard InChI is InChI=1S/C14H16ClN3O2/c1-9-4-5-12(11(15)8-9)17-13(19)14(20)18(3)10(2)6-7-16/h4-5,8,10H,6H2,1-3H3,(H,17,19). The van der Waals surface area contributed by atoms with Crippen molar-refractivity contribution in [3.8, 4) is 6.07 Å². The number of rotatable bonds is 3. The van der Waals surface area contributed by atoms with Crippen molar-refractivity contribution >= 4 is 29.1 Å². The second-order valence-corrected chi connectivity index (χ2v) is 4.97. The van der Waals surface area contributed by atoms with Gasteiger partial charge in [0, 0.05) is 13.1 Å². The molecular formula is C14H16ClN3O2. The number of likely N-dealkylation sites (N-methyl/N-ethyl adjacent to an activating group) is 1. The van der Waals surface area contributed by atoms with Crippen LogP contribution in [0, 0.1) is 18.3 Å². The molecule has 1 N–H and O–H groups in total. The lowest BCUT2D eigenvalue weighted by Crippen LogP contribution is -2.42. The van der Waals surface area contributed by atoms with Crippen LogP contribution in [0.5, 0.6) is 0 Å². The first-order valence-corrected chi connectivity index (χ1v) is 6.46. The monoisotopic (exact) mass is 293 g/mol. The summed E-state index contributed by atoms with van der Waals surface area (Å²) in [6, 6.07) is 6.76. The van der Waals surface area contributed by atoms with E-state index < -0.39 is 11.8 Å². The van der Waals surface area contributed by atoms with Crippen molar-refractivity contribution in [3.05, 3.63) is 28.8 Å². The minimum absolute atomic E-state index is 0.167. The van der Waals surface area contributed by atoms with E-state index in [0.29, 0.717) is 10.7 Å². The number of anilines is 1. The van der Waals surface area contributed by atoms with Crippen molar-refractivity contribution in [1.82, 2.24) is 4.90 Å². The molecule has 0 aliphatic carbocycles. The lowest BCUT2D eigenvalue weighted by molar-refractivity contribution is -0.143. The molecule has 0 radical (unpaired) electrons. The topological polar surface area (TPSA) is 73.2 Å². The molecule has 1 aromatic carbocycles. The average molecular weight is 294 g/mol. The number of amides is 2. The third-order valence-electron chi connectivity index (χ3n) is 2.94. The van der Waals surface area contributed by atoms with E-state index in [1.165, 1.54) is 11.9 Å². The predicted octanol–water partition coefficient (Wildman–Crippen LogP) is 2.35. The first-order valence-electron chi connectivity index (χ1n) is 6.08. The summed E-state index contributed by atoms with van der Waals surface area (Å²) in [4.78, 5) is 25.0. The van der Waals surface area contributed by atoms with Gasteiger partial charge in [0.25, 0.3) is 0 Å². The van der Waals surface area contributed by atoms with Crippen LogP contribution >= 0.6 is 11.6 Å². The quantitative estimate of drug-likeness (QED) is 0.869. The van der Waals surface area contributed by atoms with Gasteiger partial charge in [-0.05, 0) is 31.5 Å². The highest BCUT2D eigenvalue weighted by molar-refractivity contribution is 6.41. The van der Waals surface area contributed by atoms with Gasteiger partial charge in [0.1, 0.15) is 0 Å². The third kappa shape index (κ3) is 3.97. The molecule has 0 saturated carbocycles. The maximum Gasteiger partial charge on any atom is 0.313 e. The molecule has 6 heteroatoms. The zero-order valence-electron chi connectivity index (χ0n) is 11.6. The molecule has 0 aliphatic heterocycles. The molecule has 0 spiro atoms. The summed E-state index contributed by atoms with van der Waals surface area (Å²) in [5.74, 6) is -1.48. The molecule has 106 valence electrons. The molecule has 1 atom stereocenters. The molecule has 2 amide bonds. The van der Waals surface area contributed by atoms with Crippen LogP contribution in [0.25, 0.3) is 0 Å². The molecule has 0 saturated heterocycles. The Bertz CT molecular complexity index is 566. The number of nitrogens with zero attached hydrogens (tertiary/aromatic N) is 2. The second kappa shape index (κ2) is 6.92. The van der Waals surface area contributed by atoms with E-state index in [1.807, 2.05) is 13.0 Å². The highest BCUT2D eigenvalue weighted by atomic mass is 35.5. The largest absolute Gasteiger partial charge is 0.334 e. The van der Waals surface area contributed by atoms with Crippen molar-refractivity contribution in [3.63, 3.8) is 0 Å². The summed E-state index contributed by atoms with van der Waals surface area (Å²) < 4.78 is 0. The summed E-state index contributed by atoms with van der Waals surface area (Å²) in [7, 11) is 1.49. The number of carbonyl (C=O) groups is 2. The molecule has 0 aliphatic rings. The van der Waals surface area contributed by atoms with Crippen LogP contribution in [-0.2, 0) is 9.59 Å². The van der Waals surface area contributed by atoms with Crippen LogP contribution < -0.4 is 5.32 Å². The van der Waals surface area contributed by atoms with E-state index in [9.17, 15) is 9.59 Å². The lowest BCUT2D eigenvalue weighted by Gasteiger charge is -2.22. The van der Waals surface area contributed by atoms with Gasteiger partial charge in [0.15, 0.2) is 0 Å². The Morgan fingerprint density at radius 2 is 2.15 bits per heavy atom. The van der Waals surface area contributed by atoms with Gasteiger partial charge in [-0.3, -0.25) is 9.59 Å². The zero-order valence-corrected chi connectivity index (χ0v) is 12.4. The summed E-state index contributed by atoms with van der Waals surface area (Å²) in [5, 5.41) is 11.4. The van der Waals surface area contributed by atoms with E-state index in [1.54, 1.807) is 25.1 Å². The smallest absolute Gasteiger partial charge is 0.313 e. The van der Waals surface area contributed by atoms with Crippen molar-refractivity contribution in [2.75, 3.05) is 12.4 Å². The van der Waals surface area contributed by atoms with Gasteiger partial charge in [0.2, 0.25) is 0 Å². The maximum atomic E-state index is 11.9. The highest BCUT2D eigenvalue weighted by Crippen LogP contribution is 2.22. The molecule has 1 unspecified atom stereocenters. The van der Waals surface area contributed by atoms with Gasteiger partial charge in [-0.15, -0.1) is 0 Å². The number of nitriles is 1. The SMILES string of the molecule is Cc1ccc(NC(=O)C(=O)N(C)C(C)CC#N)c(Cl)c1. The minimum atomic E-state index is -0.775. The van der Waals surface area contributed by atoms with Gasteiger partial charge < -0.3 is 10.2 Å². The fourth-order valence-corrected chi connectivity index (χ4v) is 1.81. The Kier molecular flexibility index (Phi) is 5.53. The summed E-state index contributed by atoms with van der Waals surface area (Å²) in [6.07, 6.45) is 0.167. The summed E-state index contributed by atoms with van der Waals surface area (Å²) in [6.45, 7) is 3.58. The van der Waals surface area contributed by atoms with Crippen LogP contribution in [-0.4, -0.2) is 29.8 Å². The number of halogens is 1. The van der Waals surface area contributed by atoms with Crippen LogP contribution in [0.3, 0.4) is 0 Å². The van der Waals surface area contributed by atoms with Gasteiger partial charge in [-0.1, -0.05) is 17.7 Å². The number of benzene rings is 1. The molecular weight excluding hydrogens is 278 g/mol. The number of nitrogens with one attached hydrogen (secondary N) is 1. The van der Waals surface area contributed by atoms with Gasteiger partial charge >= 0.3 is 11.8 Å². The molecule has 0 fully saturated rings. The fourth-order valence-electron chi connectivity index (χ4n) is 1.53. The highest BCUT2D eigenvalue weighted by Gasteiger charge is 2.23. The molecule has 0 heterocycles. The third-order valence-corrected chi connectivity index (χ3v) is 3.25. The Morgan fingerprint density at radius 3 is 2.70 bits per heavy atom. The average Bonchev–Trinajstić information content (AvgIpc) is 2.40. The van der Waals surface area contributed by atoms with Crippen molar-refractivity contribution in [2.45, 2.75) is 26.3 Å². The van der Waals surface area contributed by atoms with Crippen molar-refractivity contribution < 1.29 is 9.59 Å². The molecule has 5 nitrogen and oxygen atoms in total. The van der Waals surface area contributed by atoms with Crippen LogP contribution in [0.2, 0.25) is 5.02 Å². The predicted molar refractivity (Wildman–Crippen MR) is 77.3 cm³/mol. The lowest BCUT2D eigenvalue weighted by atomic mass is 10.2.